The van der Waals surface area contributed by atoms with Gasteiger partial charge in [0.15, 0.2) is 0 Å². The maximum atomic E-state index is 12.3. The van der Waals surface area contributed by atoms with Gasteiger partial charge >= 0.3 is 0 Å². The minimum atomic E-state index is 0.0238. The molecular formula is C15H24N4O. The maximum absolute atomic E-state index is 12.3. The van der Waals surface area contributed by atoms with E-state index in [9.17, 15) is 4.79 Å². The lowest BCUT2D eigenvalue weighted by Crippen LogP contribution is -2.32. The fourth-order valence-corrected chi connectivity index (χ4v) is 2.62. The fourth-order valence-electron chi connectivity index (χ4n) is 2.62. The van der Waals surface area contributed by atoms with E-state index in [1.54, 1.807) is 11.1 Å². The lowest BCUT2D eigenvalue weighted by molar-refractivity contribution is 0.0771. The Kier molecular flexibility index (Phi) is 5.06. The van der Waals surface area contributed by atoms with Gasteiger partial charge in [-0.15, -0.1) is 0 Å². The molecule has 1 fully saturated rings. The number of aromatic nitrogens is 2. The predicted octanol–water partition coefficient (Wildman–Crippen LogP) is 2.08. The van der Waals surface area contributed by atoms with E-state index in [1.807, 2.05) is 20.8 Å². The quantitative estimate of drug-likeness (QED) is 0.914. The Balaban J connectivity index is 2.18. The molecule has 2 rings (SSSR count). The zero-order chi connectivity index (χ0) is 14.5. The second-order valence-corrected chi connectivity index (χ2v) is 5.21. The summed E-state index contributed by atoms with van der Waals surface area (Å²) in [7, 11) is 0. The van der Waals surface area contributed by atoms with Crippen molar-refractivity contribution in [3.8, 4) is 0 Å². The molecule has 1 N–H and O–H groups in total. The summed E-state index contributed by atoms with van der Waals surface area (Å²) in [6.07, 6.45) is 5.19. The Morgan fingerprint density at radius 1 is 1.40 bits per heavy atom. The van der Waals surface area contributed by atoms with Crippen LogP contribution in [0.25, 0.3) is 0 Å². The SMILES string of the molecule is CCN(CC)C(=O)c1cnc([C@H]2CCCCN2)nc1C. The van der Waals surface area contributed by atoms with Gasteiger partial charge in [-0.25, -0.2) is 9.97 Å². The van der Waals surface area contributed by atoms with E-state index < -0.39 is 0 Å². The van der Waals surface area contributed by atoms with Crippen LogP contribution in [0.1, 0.15) is 61.0 Å². The zero-order valence-corrected chi connectivity index (χ0v) is 12.6. The number of carbonyl (C=O) groups is 1. The molecule has 0 saturated carbocycles. The van der Waals surface area contributed by atoms with Crippen LogP contribution in [0.5, 0.6) is 0 Å². The molecule has 5 heteroatoms. The maximum Gasteiger partial charge on any atom is 0.257 e. The number of amides is 1. The monoisotopic (exact) mass is 276 g/mol. The van der Waals surface area contributed by atoms with Crippen molar-refractivity contribution in [2.24, 2.45) is 0 Å². The third-order valence-corrected chi connectivity index (χ3v) is 3.90. The van der Waals surface area contributed by atoms with Crippen LogP contribution in [0.3, 0.4) is 0 Å². The van der Waals surface area contributed by atoms with Crippen LogP contribution in [-0.2, 0) is 0 Å². The van der Waals surface area contributed by atoms with Gasteiger partial charge in [0.2, 0.25) is 0 Å². The first-order valence-corrected chi connectivity index (χ1v) is 7.53. The van der Waals surface area contributed by atoms with E-state index in [2.05, 4.69) is 15.3 Å². The molecule has 1 aromatic heterocycles. The zero-order valence-electron chi connectivity index (χ0n) is 12.6. The van der Waals surface area contributed by atoms with Gasteiger partial charge in [-0.3, -0.25) is 4.79 Å². The van der Waals surface area contributed by atoms with Gasteiger partial charge in [0.1, 0.15) is 5.82 Å². The van der Waals surface area contributed by atoms with Gasteiger partial charge in [-0.2, -0.15) is 0 Å². The van der Waals surface area contributed by atoms with Crippen LogP contribution in [-0.4, -0.2) is 40.4 Å². The van der Waals surface area contributed by atoms with Crippen molar-refractivity contribution in [3.05, 3.63) is 23.3 Å². The molecule has 1 aliphatic rings. The highest BCUT2D eigenvalue weighted by Gasteiger charge is 2.21. The average molecular weight is 276 g/mol. The van der Waals surface area contributed by atoms with E-state index in [0.717, 1.165) is 24.5 Å². The largest absolute Gasteiger partial charge is 0.339 e. The summed E-state index contributed by atoms with van der Waals surface area (Å²) in [5, 5.41) is 3.44. The second kappa shape index (κ2) is 6.79. The summed E-state index contributed by atoms with van der Waals surface area (Å²) in [5.74, 6) is 0.842. The minimum Gasteiger partial charge on any atom is -0.339 e. The molecule has 0 spiro atoms. The Morgan fingerprint density at radius 2 is 2.15 bits per heavy atom. The molecule has 0 bridgehead atoms. The van der Waals surface area contributed by atoms with Crippen molar-refractivity contribution in [2.75, 3.05) is 19.6 Å². The average Bonchev–Trinajstić information content (AvgIpc) is 2.49. The number of piperidine rings is 1. The Bertz CT molecular complexity index is 465. The van der Waals surface area contributed by atoms with Crippen LogP contribution in [0.15, 0.2) is 6.20 Å². The lowest BCUT2D eigenvalue weighted by Gasteiger charge is -2.23. The first kappa shape index (κ1) is 14.9. The fraction of sp³-hybridized carbons (Fsp3) is 0.667. The number of rotatable bonds is 4. The van der Waals surface area contributed by atoms with Crippen LogP contribution < -0.4 is 5.32 Å². The molecule has 1 aliphatic heterocycles. The van der Waals surface area contributed by atoms with Crippen molar-refractivity contribution in [1.82, 2.24) is 20.2 Å². The summed E-state index contributed by atoms with van der Waals surface area (Å²) in [6, 6.07) is 0.236. The summed E-state index contributed by atoms with van der Waals surface area (Å²) >= 11 is 0. The molecule has 1 atom stereocenters. The van der Waals surface area contributed by atoms with E-state index in [0.29, 0.717) is 18.7 Å². The first-order valence-electron chi connectivity index (χ1n) is 7.53. The van der Waals surface area contributed by atoms with E-state index in [4.69, 9.17) is 0 Å². The molecule has 5 nitrogen and oxygen atoms in total. The third-order valence-electron chi connectivity index (χ3n) is 3.90. The number of aryl methyl sites for hydroxylation is 1. The normalized spacial score (nSPS) is 18.9. The standard InChI is InChI=1S/C15H24N4O/c1-4-19(5-2)15(20)12-10-17-14(18-11(12)3)13-8-6-7-9-16-13/h10,13,16H,4-9H2,1-3H3/t13-/m1/s1. The molecule has 0 unspecified atom stereocenters. The number of nitrogens with zero attached hydrogens (tertiary/aromatic N) is 3. The first-order chi connectivity index (χ1) is 9.67. The molecule has 0 aromatic carbocycles. The van der Waals surface area contributed by atoms with Crippen molar-refractivity contribution < 1.29 is 4.79 Å². The molecule has 1 amide bonds. The highest BCUT2D eigenvalue weighted by atomic mass is 16.2. The van der Waals surface area contributed by atoms with Crippen LogP contribution >= 0.6 is 0 Å². The van der Waals surface area contributed by atoms with Gasteiger partial charge in [0.25, 0.3) is 5.91 Å². The number of hydrogen-bond acceptors (Lipinski definition) is 4. The lowest BCUT2D eigenvalue weighted by atomic mass is 10.0. The number of carbonyl (C=O) groups excluding carboxylic acids is 1. The molecule has 1 saturated heterocycles. The number of hydrogen-bond donors (Lipinski definition) is 1. The molecule has 20 heavy (non-hydrogen) atoms. The van der Waals surface area contributed by atoms with Crippen molar-refractivity contribution in [1.29, 1.82) is 0 Å². The van der Waals surface area contributed by atoms with Crippen LogP contribution in [0, 0.1) is 6.92 Å². The van der Waals surface area contributed by atoms with Crippen LogP contribution in [0.2, 0.25) is 0 Å². The van der Waals surface area contributed by atoms with Crippen molar-refractivity contribution >= 4 is 5.91 Å². The molecule has 0 aliphatic carbocycles. The molecule has 110 valence electrons. The molecule has 1 aromatic rings. The van der Waals surface area contributed by atoms with Gasteiger partial charge in [0.05, 0.1) is 17.3 Å². The smallest absolute Gasteiger partial charge is 0.257 e. The Hall–Kier alpha value is -1.49. The number of nitrogens with one attached hydrogen (secondary N) is 1. The highest BCUT2D eigenvalue weighted by molar-refractivity contribution is 5.94. The van der Waals surface area contributed by atoms with E-state index in [-0.39, 0.29) is 11.9 Å². The van der Waals surface area contributed by atoms with E-state index >= 15 is 0 Å². The summed E-state index contributed by atoms with van der Waals surface area (Å²) in [4.78, 5) is 23.1. The molecule has 2 heterocycles. The Morgan fingerprint density at radius 3 is 2.70 bits per heavy atom. The summed E-state index contributed by atoms with van der Waals surface area (Å²) < 4.78 is 0. The molecule has 0 radical (unpaired) electrons. The van der Waals surface area contributed by atoms with Crippen molar-refractivity contribution in [3.63, 3.8) is 0 Å². The highest BCUT2D eigenvalue weighted by Crippen LogP contribution is 2.20. The van der Waals surface area contributed by atoms with Gasteiger partial charge in [-0.1, -0.05) is 6.42 Å². The predicted molar refractivity (Wildman–Crippen MR) is 78.6 cm³/mol. The molecular weight excluding hydrogens is 252 g/mol. The topological polar surface area (TPSA) is 58.1 Å². The van der Waals surface area contributed by atoms with Gasteiger partial charge in [-0.05, 0) is 40.2 Å². The Labute approximate surface area is 120 Å². The summed E-state index contributed by atoms with van der Waals surface area (Å²) in [6.45, 7) is 8.30. The van der Waals surface area contributed by atoms with E-state index in [1.165, 1.54) is 12.8 Å². The summed E-state index contributed by atoms with van der Waals surface area (Å²) in [5.41, 5.74) is 1.40. The van der Waals surface area contributed by atoms with Gasteiger partial charge in [0, 0.05) is 19.3 Å². The second-order valence-electron chi connectivity index (χ2n) is 5.21. The van der Waals surface area contributed by atoms with Gasteiger partial charge < -0.3 is 10.2 Å². The third kappa shape index (κ3) is 3.15. The van der Waals surface area contributed by atoms with Crippen LogP contribution in [0.4, 0.5) is 0 Å². The minimum absolute atomic E-state index is 0.0238. The van der Waals surface area contributed by atoms with Crippen molar-refractivity contribution in [2.45, 2.75) is 46.1 Å².